The van der Waals surface area contributed by atoms with Crippen molar-refractivity contribution in [2.24, 2.45) is 0 Å². The molecule has 2 aromatic rings. The quantitative estimate of drug-likeness (QED) is 0.190. The second-order valence-corrected chi connectivity index (χ2v) is 18.5. The molecule has 0 bridgehead atoms. The molecule has 242 valence electrons. The molecule has 1 atom stereocenters. The molecule has 0 saturated heterocycles. The fourth-order valence-corrected chi connectivity index (χ4v) is 7.73. The van der Waals surface area contributed by atoms with Crippen molar-refractivity contribution in [3.8, 4) is 0 Å². The van der Waals surface area contributed by atoms with E-state index < -0.39 is 49.9 Å². The number of rotatable bonds is 8. The molecule has 1 unspecified atom stereocenters. The molecule has 44 heavy (non-hydrogen) atoms. The highest BCUT2D eigenvalue weighted by Gasteiger charge is 2.71. The van der Waals surface area contributed by atoms with E-state index in [1.165, 1.54) is 0 Å². The summed E-state index contributed by atoms with van der Waals surface area (Å²) in [5.41, 5.74) is -6.10. The normalized spacial score (nSPS) is 18.6. The van der Waals surface area contributed by atoms with Crippen LogP contribution >= 0.6 is 11.8 Å². The van der Waals surface area contributed by atoms with E-state index in [2.05, 4.69) is 39.2 Å². The van der Waals surface area contributed by atoms with Crippen LogP contribution in [0.3, 0.4) is 0 Å². The number of nitrogens with zero attached hydrogens (tertiary/aromatic N) is 1. The van der Waals surface area contributed by atoms with Gasteiger partial charge in [0.1, 0.15) is 12.1 Å². The van der Waals surface area contributed by atoms with E-state index in [4.69, 9.17) is 4.43 Å². The molecule has 2 aliphatic rings. The van der Waals surface area contributed by atoms with Crippen molar-refractivity contribution in [2.45, 2.75) is 92.8 Å². The Hall–Kier alpha value is -2.75. The summed E-state index contributed by atoms with van der Waals surface area (Å²) in [6, 6.07) is 6.09. The standard InChI is InChI=1S/C29H34F6N2O5SSi/c1-25(2,3)44(4,5)42-26(12-13-26)16-43-20-10-11-21-17(14-20)15-37(24(39)40)22(21)23(38)36-19-8-6-18(7-9-19)27(41,28(30,31)32)29(33,34)35/h6-11,14,22,41H,12-13,15-16H2,1-5H3,(H,36,38)(H,39,40)/p-1. The topological polar surface area (TPSA) is 102 Å². The Labute approximate surface area is 256 Å². The smallest absolute Gasteiger partial charge is 0.430 e. The highest BCUT2D eigenvalue weighted by atomic mass is 32.2. The SMILES string of the molecule is CC(C)(C)[Si](C)(C)OC1(CSc2ccc3c(c2)CN(C(=O)[O-])C3C(=O)Nc2ccc(C(O)(C(F)(F)F)C(F)(F)F)cc2)CC1. The Balaban J connectivity index is 1.50. The first-order valence-corrected chi connectivity index (χ1v) is 17.6. The summed E-state index contributed by atoms with van der Waals surface area (Å²) in [5.74, 6) is -0.178. The van der Waals surface area contributed by atoms with Gasteiger partial charge in [0.15, 0.2) is 8.32 Å². The van der Waals surface area contributed by atoms with Crippen molar-refractivity contribution in [2.75, 3.05) is 11.1 Å². The summed E-state index contributed by atoms with van der Waals surface area (Å²) in [6.07, 6.45) is -11.9. The van der Waals surface area contributed by atoms with Crippen LogP contribution in [0.2, 0.25) is 18.1 Å². The predicted molar refractivity (Wildman–Crippen MR) is 152 cm³/mol. The number of carbonyl (C=O) groups excluding carboxylic acids is 2. The van der Waals surface area contributed by atoms with Gasteiger partial charge in [0, 0.05) is 28.4 Å². The zero-order valence-corrected chi connectivity index (χ0v) is 26.5. The second kappa shape index (κ2) is 11.2. The van der Waals surface area contributed by atoms with Gasteiger partial charge in [0.05, 0.1) is 5.60 Å². The summed E-state index contributed by atoms with van der Waals surface area (Å²) in [6.45, 7) is 10.8. The summed E-state index contributed by atoms with van der Waals surface area (Å²) < 4.78 is 85.8. The second-order valence-electron chi connectivity index (χ2n) is 12.8. The lowest BCUT2D eigenvalue weighted by atomic mass is 9.92. The molecule has 2 amide bonds. The van der Waals surface area contributed by atoms with Crippen LogP contribution in [0.25, 0.3) is 0 Å². The summed E-state index contributed by atoms with van der Waals surface area (Å²) in [5, 5.41) is 23.9. The van der Waals surface area contributed by atoms with Crippen LogP contribution in [0, 0.1) is 0 Å². The average Bonchev–Trinajstić information content (AvgIpc) is 3.52. The van der Waals surface area contributed by atoms with Crippen molar-refractivity contribution >= 4 is 37.8 Å². The van der Waals surface area contributed by atoms with Gasteiger partial charge in [-0.05, 0) is 66.4 Å². The highest BCUT2D eigenvalue weighted by molar-refractivity contribution is 7.99. The van der Waals surface area contributed by atoms with Gasteiger partial charge >= 0.3 is 12.4 Å². The summed E-state index contributed by atoms with van der Waals surface area (Å²) in [7, 11) is -1.99. The van der Waals surface area contributed by atoms with E-state index >= 15 is 0 Å². The Morgan fingerprint density at radius 1 is 1.05 bits per heavy atom. The summed E-state index contributed by atoms with van der Waals surface area (Å²) >= 11 is 1.57. The molecule has 1 fully saturated rings. The van der Waals surface area contributed by atoms with Crippen LogP contribution in [0.15, 0.2) is 47.4 Å². The Bertz CT molecular complexity index is 1410. The largest absolute Gasteiger partial charge is 0.530 e. The number of benzene rings is 2. The third-order valence-electron chi connectivity index (χ3n) is 8.52. The molecule has 2 N–H and O–H groups in total. The van der Waals surface area contributed by atoms with Gasteiger partial charge in [-0.1, -0.05) is 39.0 Å². The molecule has 0 aromatic heterocycles. The Kier molecular flexibility index (Phi) is 8.72. The monoisotopic (exact) mass is 663 g/mol. The van der Waals surface area contributed by atoms with Gasteiger partial charge in [-0.25, -0.2) is 0 Å². The number of hydrogen-bond donors (Lipinski definition) is 2. The predicted octanol–water partition coefficient (Wildman–Crippen LogP) is 6.48. The first kappa shape index (κ1) is 34.1. The maximum Gasteiger partial charge on any atom is 0.430 e. The van der Waals surface area contributed by atoms with Crippen LogP contribution in [0.4, 0.5) is 36.8 Å². The number of anilines is 1. The number of carboxylic acid groups (broad SMARTS) is 1. The zero-order valence-electron chi connectivity index (χ0n) is 24.7. The number of halogens is 6. The molecule has 1 saturated carbocycles. The number of amides is 2. The van der Waals surface area contributed by atoms with Crippen LogP contribution in [-0.2, 0) is 21.4 Å². The average molecular weight is 664 g/mol. The minimum Gasteiger partial charge on any atom is -0.530 e. The van der Waals surface area contributed by atoms with E-state index in [0.717, 1.165) is 34.8 Å². The fourth-order valence-electron chi connectivity index (χ4n) is 4.79. The molecule has 7 nitrogen and oxygen atoms in total. The molecule has 0 spiro atoms. The molecule has 0 radical (unpaired) electrons. The van der Waals surface area contributed by atoms with Crippen LogP contribution in [-0.4, -0.2) is 54.0 Å². The Morgan fingerprint density at radius 3 is 2.09 bits per heavy atom. The summed E-state index contributed by atoms with van der Waals surface area (Å²) in [4.78, 5) is 26.7. The van der Waals surface area contributed by atoms with Gasteiger partial charge < -0.3 is 29.7 Å². The van der Waals surface area contributed by atoms with Crippen molar-refractivity contribution in [3.63, 3.8) is 0 Å². The number of alkyl halides is 6. The lowest BCUT2D eigenvalue weighted by molar-refractivity contribution is -0.376. The number of fused-ring (bicyclic) bond motifs is 1. The van der Waals surface area contributed by atoms with Crippen LogP contribution in [0.5, 0.6) is 0 Å². The van der Waals surface area contributed by atoms with Crippen LogP contribution < -0.4 is 10.4 Å². The van der Waals surface area contributed by atoms with Crippen molar-refractivity contribution in [1.82, 2.24) is 4.90 Å². The van der Waals surface area contributed by atoms with Gasteiger partial charge in [-0.15, -0.1) is 11.8 Å². The van der Waals surface area contributed by atoms with E-state index in [1.54, 1.807) is 30.0 Å². The van der Waals surface area contributed by atoms with Crippen molar-refractivity contribution < 1.29 is 50.6 Å². The molecular formula is C29H33F6N2O5SSi-. The highest BCUT2D eigenvalue weighted by Crippen LogP contribution is 2.51. The van der Waals surface area contributed by atoms with Gasteiger partial charge in [0.2, 0.25) is 0 Å². The van der Waals surface area contributed by atoms with E-state index in [-0.39, 0.29) is 22.9 Å². The number of carbonyl (C=O) groups is 2. The van der Waals surface area contributed by atoms with Crippen LogP contribution in [0.1, 0.15) is 56.3 Å². The lowest BCUT2D eigenvalue weighted by Gasteiger charge is -2.39. The number of nitrogens with one attached hydrogen (secondary N) is 1. The van der Waals surface area contributed by atoms with Crippen molar-refractivity contribution in [3.05, 3.63) is 59.2 Å². The fraction of sp³-hybridized carbons (Fsp3) is 0.517. The third-order valence-corrected chi connectivity index (χ3v) is 14.3. The zero-order chi connectivity index (χ0) is 33.1. The number of aliphatic hydroxyl groups is 1. The van der Waals surface area contributed by atoms with Gasteiger partial charge in [-0.3, -0.25) is 4.79 Å². The third kappa shape index (κ3) is 6.46. The maximum absolute atomic E-state index is 13.2. The van der Waals surface area contributed by atoms with Crippen molar-refractivity contribution in [1.29, 1.82) is 0 Å². The van der Waals surface area contributed by atoms with E-state index in [9.17, 15) is 46.1 Å². The first-order valence-electron chi connectivity index (χ1n) is 13.7. The molecule has 1 heterocycles. The number of hydrogen-bond acceptors (Lipinski definition) is 6. The molecular weight excluding hydrogens is 630 g/mol. The van der Waals surface area contributed by atoms with Gasteiger partial charge in [0.25, 0.3) is 11.5 Å². The molecule has 1 aliphatic heterocycles. The lowest BCUT2D eigenvalue weighted by Crippen LogP contribution is -2.53. The minimum absolute atomic E-state index is 0.0579. The Morgan fingerprint density at radius 2 is 1.61 bits per heavy atom. The number of thioether (sulfide) groups is 1. The van der Waals surface area contributed by atoms with Gasteiger partial charge in [-0.2, -0.15) is 26.3 Å². The molecule has 1 aliphatic carbocycles. The van der Waals surface area contributed by atoms with E-state index in [0.29, 0.717) is 29.0 Å². The minimum atomic E-state index is -6.06. The molecule has 2 aromatic carbocycles. The first-order chi connectivity index (χ1) is 20.0. The molecule has 15 heteroatoms. The van der Waals surface area contributed by atoms with E-state index in [1.807, 2.05) is 0 Å². The maximum atomic E-state index is 13.2. The molecule has 4 rings (SSSR count).